The Bertz CT molecular complexity index is 938. The van der Waals surface area contributed by atoms with Crippen LogP contribution in [0.3, 0.4) is 0 Å². The molecule has 138 valence electrons. The second kappa shape index (κ2) is 8.31. The predicted molar refractivity (Wildman–Crippen MR) is 109 cm³/mol. The van der Waals surface area contributed by atoms with Gasteiger partial charge < -0.3 is 16.0 Å². The Morgan fingerprint density at radius 3 is 2.30 bits per heavy atom. The number of anilines is 4. The molecule has 27 heavy (non-hydrogen) atoms. The fraction of sp³-hybridized carbons (Fsp3) is 0.190. The van der Waals surface area contributed by atoms with Gasteiger partial charge in [0.05, 0.1) is 0 Å². The highest BCUT2D eigenvalue weighted by Gasteiger charge is 2.04. The first-order chi connectivity index (χ1) is 13.0. The zero-order valence-electron chi connectivity index (χ0n) is 15.7. The van der Waals surface area contributed by atoms with Crippen molar-refractivity contribution in [2.45, 2.75) is 27.3 Å². The maximum absolute atomic E-state index is 11.1. The van der Waals surface area contributed by atoms with Crippen molar-refractivity contribution in [1.82, 2.24) is 9.97 Å². The van der Waals surface area contributed by atoms with Crippen molar-refractivity contribution >= 4 is 28.9 Å². The third-order valence-corrected chi connectivity index (χ3v) is 4.04. The van der Waals surface area contributed by atoms with Gasteiger partial charge in [-0.2, -0.15) is 0 Å². The first-order valence-electron chi connectivity index (χ1n) is 8.78. The van der Waals surface area contributed by atoms with Gasteiger partial charge in [0, 0.05) is 30.9 Å². The molecule has 0 aliphatic heterocycles. The quantitative estimate of drug-likeness (QED) is 0.606. The van der Waals surface area contributed by atoms with Gasteiger partial charge >= 0.3 is 0 Å². The number of carbonyl (C=O) groups excluding carboxylic acids is 1. The van der Waals surface area contributed by atoms with Gasteiger partial charge in [-0.05, 0) is 49.2 Å². The Kier molecular flexibility index (Phi) is 5.66. The molecule has 0 atom stereocenters. The van der Waals surface area contributed by atoms with E-state index in [2.05, 4.69) is 45.0 Å². The number of benzene rings is 2. The van der Waals surface area contributed by atoms with Crippen molar-refractivity contribution in [2.24, 2.45) is 0 Å². The molecule has 0 radical (unpaired) electrons. The van der Waals surface area contributed by atoms with E-state index in [0.29, 0.717) is 18.2 Å². The molecule has 0 saturated heterocycles. The monoisotopic (exact) mass is 361 g/mol. The van der Waals surface area contributed by atoms with Gasteiger partial charge in [0.1, 0.15) is 17.5 Å². The lowest BCUT2D eigenvalue weighted by molar-refractivity contribution is -0.114. The number of nitrogens with zero attached hydrogens (tertiary/aromatic N) is 2. The minimum Gasteiger partial charge on any atom is -0.366 e. The summed E-state index contributed by atoms with van der Waals surface area (Å²) in [5.74, 6) is 2.07. The summed E-state index contributed by atoms with van der Waals surface area (Å²) >= 11 is 0. The van der Waals surface area contributed by atoms with Gasteiger partial charge in [0.15, 0.2) is 0 Å². The number of aromatic nitrogens is 2. The first kappa shape index (κ1) is 18.4. The molecule has 0 bridgehead atoms. The van der Waals surface area contributed by atoms with E-state index in [9.17, 15) is 4.79 Å². The summed E-state index contributed by atoms with van der Waals surface area (Å²) in [6, 6.07) is 17.6. The van der Waals surface area contributed by atoms with E-state index in [0.717, 1.165) is 17.2 Å². The molecule has 3 aromatic rings. The highest BCUT2D eigenvalue weighted by Crippen LogP contribution is 2.20. The Labute approximate surface area is 159 Å². The third kappa shape index (κ3) is 5.28. The summed E-state index contributed by atoms with van der Waals surface area (Å²) in [5, 5.41) is 9.38. The van der Waals surface area contributed by atoms with E-state index in [1.54, 1.807) is 0 Å². The number of rotatable bonds is 6. The summed E-state index contributed by atoms with van der Waals surface area (Å²) in [4.78, 5) is 20.0. The van der Waals surface area contributed by atoms with Crippen LogP contribution in [0.2, 0.25) is 0 Å². The standard InChI is InChI=1S/C21H23N5O/c1-14-6-4-5-7-17(14)13-22-20-12-21(24-15(2)23-20)26-19-10-8-18(9-11-19)25-16(3)27/h4-12H,13H2,1-3H3,(H,25,27)(H2,22,23,24,26). The van der Waals surface area contributed by atoms with Crippen LogP contribution in [0.4, 0.5) is 23.0 Å². The van der Waals surface area contributed by atoms with E-state index in [4.69, 9.17) is 0 Å². The van der Waals surface area contributed by atoms with Crippen molar-refractivity contribution in [3.8, 4) is 0 Å². The van der Waals surface area contributed by atoms with Gasteiger partial charge in [-0.15, -0.1) is 0 Å². The van der Waals surface area contributed by atoms with Crippen LogP contribution in [-0.4, -0.2) is 15.9 Å². The second-order valence-corrected chi connectivity index (χ2v) is 6.35. The summed E-state index contributed by atoms with van der Waals surface area (Å²) in [5.41, 5.74) is 4.12. The molecule has 0 aliphatic rings. The average molecular weight is 361 g/mol. The van der Waals surface area contributed by atoms with Gasteiger partial charge in [-0.1, -0.05) is 24.3 Å². The van der Waals surface area contributed by atoms with Gasteiger partial charge in [0.25, 0.3) is 0 Å². The minimum atomic E-state index is -0.0912. The molecule has 6 nitrogen and oxygen atoms in total. The second-order valence-electron chi connectivity index (χ2n) is 6.35. The molecule has 3 rings (SSSR count). The van der Waals surface area contributed by atoms with Crippen LogP contribution in [-0.2, 0) is 11.3 Å². The van der Waals surface area contributed by atoms with Crippen LogP contribution < -0.4 is 16.0 Å². The van der Waals surface area contributed by atoms with Crippen LogP contribution in [0.25, 0.3) is 0 Å². The van der Waals surface area contributed by atoms with Crippen LogP contribution in [0.5, 0.6) is 0 Å². The molecule has 3 N–H and O–H groups in total. The fourth-order valence-electron chi connectivity index (χ4n) is 2.70. The van der Waals surface area contributed by atoms with Gasteiger partial charge in [-0.25, -0.2) is 9.97 Å². The molecule has 0 aliphatic carbocycles. The highest BCUT2D eigenvalue weighted by atomic mass is 16.1. The van der Waals surface area contributed by atoms with Crippen molar-refractivity contribution in [2.75, 3.05) is 16.0 Å². The largest absolute Gasteiger partial charge is 0.366 e. The molecule has 0 fully saturated rings. The normalized spacial score (nSPS) is 10.3. The van der Waals surface area contributed by atoms with Crippen molar-refractivity contribution in [3.05, 3.63) is 71.5 Å². The van der Waals surface area contributed by atoms with Crippen molar-refractivity contribution in [3.63, 3.8) is 0 Å². The van der Waals surface area contributed by atoms with E-state index >= 15 is 0 Å². The summed E-state index contributed by atoms with van der Waals surface area (Å²) in [6.45, 7) is 6.15. The minimum absolute atomic E-state index is 0.0912. The summed E-state index contributed by atoms with van der Waals surface area (Å²) in [6.07, 6.45) is 0. The molecule has 0 saturated carbocycles. The SMILES string of the molecule is CC(=O)Nc1ccc(Nc2cc(NCc3ccccc3C)nc(C)n2)cc1. The number of nitrogens with one attached hydrogen (secondary N) is 3. The molecule has 1 aromatic heterocycles. The number of hydrogen-bond donors (Lipinski definition) is 3. The Balaban J connectivity index is 1.69. The molecule has 6 heteroatoms. The fourth-order valence-corrected chi connectivity index (χ4v) is 2.70. The lowest BCUT2D eigenvalue weighted by Crippen LogP contribution is -2.06. The molecular formula is C21H23N5O. The number of hydrogen-bond acceptors (Lipinski definition) is 5. The summed E-state index contributed by atoms with van der Waals surface area (Å²) in [7, 11) is 0. The zero-order valence-corrected chi connectivity index (χ0v) is 15.7. The van der Waals surface area contributed by atoms with Gasteiger partial charge in [-0.3, -0.25) is 4.79 Å². The maximum atomic E-state index is 11.1. The number of carbonyl (C=O) groups is 1. The Morgan fingerprint density at radius 1 is 0.926 bits per heavy atom. The van der Waals surface area contributed by atoms with E-state index in [1.807, 2.05) is 49.4 Å². The van der Waals surface area contributed by atoms with Crippen LogP contribution in [0.1, 0.15) is 23.9 Å². The molecule has 2 aromatic carbocycles. The Morgan fingerprint density at radius 2 is 1.59 bits per heavy atom. The van der Waals surface area contributed by atoms with Crippen molar-refractivity contribution in [1.29, 1.82) is 0 Å². The van der Waals surface area contributed by atoms with E-state index in [1.165, 1.54) is 18.1 Å². The lowest BCUT2D eigenvalue weighted by atomic mass is 10.1. The van der Waals surface area contributed by atoms with E-state index in [-0.39, 0.29) is 5.91 Å². The Hall–Kier alpha value is -3.41. The molecule has 1 heterocycles. The zero-order chi connectivity index (χ0) is 19.2. The molecule has 1 amide bonds. The smallest absolute Gasteiger partial charge is 0.221 e. The van der Waals surface area contributed by atoms with E-state index < -0.39 is 0 Å². The highest BCUT2D eigenvalue weighted by molar-refractivity contribution is 5.88. The molecule has 0 spiro atoms. The van der Waals surface area contributed by atoms with Gasteiger partial charge in [0.2, 0.25) is 5.91 Å². The molecule has 0 unspecified atom stereocenters. The van der Waals surface area contributed by atoms with Crippen molar-refractivity contribution < 1.29 is 4.79 Å². The average Bonchev–Trinajstić information content (AvgIpc) is 2.62. The lowest BCUT2D eigenvalue weighted by Gasteiger charge is -2.12. The summed E-state index contributed by atoms with van der Waals surface area (Å²) < 4.78 is 0. The molecular weight excluding hydrogens is 338 g/mol. The number of amides is 1. The van der Waals surface area contributed by atoms with Crippen LogP contribution >= 0.6 is 0 Å². The van der Waals surface area contributed by atoms with Crippen LogP contribution in [0.15, 0.2) is 54.6 Å². The maximum Gasteiger partial charge on any atom is 0.221 e. The van der Waals surface area contributed by atoms with Crippen LogP contribution in [0, 0.1) is 13.8 Å². The number of aryl methyl sites for hydroxylation is 2. The third-order valence-electron chi connectivity index (χ3n) is 4.04. The first-order valence-corrected chi connectivity index (χ1v) is 8.78. The topological polar surface area (TPSA) is 78.9 Å². The predicted octanol–water partition coefficient (Wildman–Crippen LogP) is 4.41.